The zero-order valence-electron chi connectivity index (χ0n) is 73.7. The molecule has 10 aromatic rings. The van der Waals surface area contributed by atoms with E-state index in [2.05, 4.69) is 25.9 Å². The van der Waals surface area contributed by atoms with Gasteiger partial charge in [-0.05, 0) is 180 Å². The number of halogens is 16. The fourth-order valence-corrected chi connectivity index (χ4v) is 12.8. The maximum Gasteiger partial charge on any atom is 0.396 e. The first-order valence-corrected chi connectivity index (χ1v) is 41.7. The zero-order chi connectivity index (χ0) is 97.5. The number of phenols is 2. The summed E-state index contributed by atoms with van der Waals surface area (Å²) in [6.07, 6.45) is -16.2. The Kier molecular flexibility index (Phi) is 43.4. The molecule has 18 nitrogen and oxygen atoms in total. The maximum atomic E-state index is 14.7. The van der Waals surface area contributed by atoms with Gasteiger partial charge >= 0.3 is 48.6 Å². The molecule has 132 heavy (non-hydrogen) atoms. The molecule has 0 amide bonds. The van der Waals surface area contributed by atoms with E-state index in [-0.39, 0.29) is 64.3 Å². The Morgan fingerprint density at radius 3 is 0.826 bits per heavy atom. The van der Waals surface area contributed by atoms with E-state index in [4.69, 9.17) is 59.7 Å². The lowest BCUT2D eigenvalue weighted by Crippen LogP contribution is -2.24. The number of methoxy groups -OCH3 is 7. The van der Waals surface area contributed by atoms with E-state index in [9.17, 15) is 85.0 Å². The molecule has 2 N–H and O–H groups in total. The number of unbranched alkanes of at least 4 members (excludes halogenated alkanes) is 3. The topological polar surface area (TPSA) is 219 Å². The molecule has 0 bridgehead atoms. The van der Waals surface area contributed by atoms with Crippen molar-refractivity contribution in [2.75, 3.05) is 69.6 Å². The molecule has 714 valence electrons. The normalized spacial score (nSPS) is 12.1. The lowest BCUT2D eigenvalue weighted by molar-refractivity contribution is -0.165. The first kappa shape index (κ1) is 108. The van der Waals surface area contributed by atoms with Gasteiger partial charge in [-0.1, -0.05) is 125 Å². The minimum atomic E-state index is -4.64. The van der Waals surface area contributed by atoms with Gasteiger partial charge in [0.25, 0.3) is 0 Å². The summed E-state index contributed by atoms with van der Waals surface area (Å²) < 4.78 is 264. The average Bonchev–Trinajstić information content (AvgIpc) is 0.806. The SMILES string of the molecule is CCCCOc1cc(CCl)ccc1-c1cc(OC)ccc1F.CCCCOc1cc(COc2cccc([C@@H](CC(=O)OC)C(F)(F)F)c2)ccc1-c1cc(OC)ccc1F.CCCCOc1cc(COc2cccc([C@H](CC(=O)OC)C(F)(F)F)c2)ccc1-c1cc(OC)ccc1F.COC(=O)C[C@@H](c1cccc(O)c1)C(F)(F)F.COC(=O)C[C@H](c1cccc(O)c1)C(F)(F)F. The van der Waals surface area contributed by atoms with Crippen LogP contribution in [0.2, 0.25) is 0 Å². The predicted molar refractivity (Wildman–Crippen MR) is 465 cm³/mol. The van der Waals surface area contributed by atoms with Crippen molar-refractivity contribution in [1.82, 2.24) is 0 Å². The zero-order valence-corrected chi connectivity index (χ0v) is 74.5. The number of alkyl halides is 13. The van der Waals surface area contributed by atoms with E-state index in [0.717, 1.165) is 84.7 Å². The third-order valence-electron chi connectivity index (χ3n) is 19.8. The summed E-state index contributed by atoms with van der Waals surface area (Å²) >= 11 is 5.89. The van der Waals surface area contributed by atoms with E-state index >= 15 is 0 Å². The van der Waals surface area contributed by atoms with Crippen LogP contribution in [0, 0.1) is 17.5 Å². The Morgan fingerprint density at radius 2 is 0.576 bits per heavy atom. The highest BCUT2D eigenvalue weighted by atomic mass is 35.5. The van der Waals surface area contributed by atoms with Crippen molar-refractivity contribution in [3.05, 3.63) is 263 Å². The van der Waals surface area contributed by atoms with Gasteiger partial charge in [0.1, 0.15) is 88.2 Å². The van der Waals surface area contributed by atoms with E-state index < -0.39 is 110 Å². The molecule has 0 saturated carbocycles. The molecule has 0 radical (unpaired) electrons. The van der Waals surface area contributed by atoms with Gasteiger partial charge in [-0.3, -0.25) is 19.2 Å². The molecule has 0 unspecified atom stereocenters. The molecule has 10 aromatic carbocycles. The predicted octanol–water partition coefficient (Wildman–Crippen LogP) is 25.6. The Labute approximate surface area is 759 Å². The van der Waals surface area contributed by atoms with Gasteiger partial charge in [0.05, 0.1) is 119 Å². The number of phenolic OH excluding ortho intramolecular Hbond substituents is 2. The van der Waals surface area contributed by atoms with Crippen molar-refractivity contribution in [2.45, 2.75) is 152 Å². The second kappa shape index (κ2) is 53.0. The second-order valence-electron chi connectivity index (χ2n) is 29.2. The van der Waals surface area contributed by atoms with Crippen LogP contribution in [0.1, 0.15) is 148 Å². The van der Waals surface area contributed by atoms with Crippen molar-refractivity contribution in [3.8, 4) is 90.9 Å². The van der Waals surface area contributed by atoms with Gasteiger partial charge in [-0.25, -0.2) is 13.2 Å². The van der Waals surface area contributed by atoms with Crippen LogP contribution >= 0.6 is 11.6 Å². The summed E-state index contributed by atoms with van der Waals surface area (Å²) in [6.45, 7) is 7.67. The highest BCUT2D eigenvalue weighted by molar-refractivity contribution is 6.17. The summed E-state index contributed by atoms with van der Waals surface area (Å²) in [5, 5.41) is 18.3. The van der Waals surface area contributed by atoms with Crippen LogP contribution in [0.25, 0.3) is 33.4 Å². The Morgan fingerprint density at radius 1 is 0.311 bits per heavy atom. The van der Waals surface area contributed by atoms with Crippen molar-refractivity contribution >= 4 is 35.5 Å². The molecule has 4 atom stereocenters. The number of rotatable bonds is 37. The van der Waals surface area contributed by atoms with Gasteiger partial charge < -0.3 is 67.1 Å². The number of esters is 4. The van der Waals surface area contributed by atoms with Gasteiger partial charge in [0.15, 0.2) is 0 Å². The van der Waals surface area contributed by atoms with Crippen molar-refractivity contribution < 1.29 is 152 Å². The molecule has 0 aromatic heterocycles. The van der Waals surface area contributed by atoms with E-state index in [0.29, 0.717) is 105 Å². The van der Waals surface area contributed by atoms with Crippen molar-refractivity contribution in [2.24, 2.45) is 0 Å². The van der Waals surface area contributed by atoms with Crippen molar-refractivity contribution in [3.63, 3.8) is 0 Å². The minimum Gasteiger partial charge on any atom is -0.508 e. The fraction of sp³-hybridized carbons (Fsp3) is 0.347. The van der Waals surface area contributed by atoms with Crippen LogP contribution in [-0.4, -0.2) is 128 Å². The molecule has 10 rings (SSSR count). The van der Waals surface area contributed by atoms with Crippen LogP contribution < -0.4 is 37.9 Å². The Bertz CT molecular complexity index is 5050. The highest BCUT2D eigenvalue weighted by Gasteiger charge is 2.46. The van der Waals surface area contributed by atoms with Gasteiger partial charge in [-0.2, -0.15) is 52.7 Å². The van der Waals surface area contributed by atoms with Crippen LogP contribution in [0.5, 0.6) is 57.5 Å². The molecule has 0 saturated heterocycles. The third kappa shape index (κ3) is 34.6. The van der Waals surface area contributed by atoms with Gasteiger partial charge in [0.2, 0.25) is 0 Å². The molecule has 0 heterocycles. The van der Waals surface area contributed by atoms with Crippen LogP contribution in [0.15, 0.2) is 206 Å². The number of aromatic hydroxyl groups is 2. The largest absolute Gasteiger partial charge is 0.508 e. The first-order chi connectivity index (χ1) is 62.7. The van der Waals surface area contributed by atoms with E-state index in [1.165, 1.54) is 129 Å². The summed E-state index contributed by atoms with van der Waals surface area (Å²) in [5.74, 6) is -9.54. The third-order valence-corrected chi connectivity index (χ3v) is 20.1. The number of carbonyl (C=O) groups excluding carboxylic acids is 4. The van der Waals surface area contributed by atoms with Gasteiger partial charge in [-0.15, -0.1) is 11.6 Å². The number of ether oxygens (including phenoxy) is 12. The summed E-state index contributed by atoms with van der Waals surface area (Å²) in [6, 6.07) is 50.1. The number of benzene rings is 10. The van der Waals surface area contributed by atoms with Crippen LogP contribution in [-0.2, 0) is 57.2 Å². The Balaban J connectivity index is 0.000000265. The lowest BCUT2D eigenvalue weighted by atomic mass is 9.95. The maximum absolute atomic E-state index is 14.7. The minimum absolute atomic E-state index is 0.0299. The van der Waals surface area contributed by atoms with E-state index in [1.54, 1.807) is 67.8 Å². The summed E-state index contributed by atoms with van der Waals surface area (Å²) in [7, 11) is 8.70. The number of carbonyl (C=O) groups is 4. The monoisotopic (exact) mass is 1890 g/mol. The molecular formula is C98H102ClF15O18. The lowest BCUT2D eigenvalue weighted by Gasteiger charge is -2.20. The van der Waals surface area contributed by atoms with Crippen LogP contribution in [0.3, 0.4) is 0 Å². The second-order valence-corrected chi connectivity index (χ2v) is 29.4. The molecule has 0 fully saturated rings. The van der Waals surface area contributed by atoms with Crippen LogP contribution in [0.4, 0.5) is 65.9 Å². The molecular weight excluding hydrogens is 1790 g/mol. The van der Waals surface area contributed by atoms with Gasteiger partial charge in [0, 0.05) is 39.3 Å². The average molecular weight is 1890 g/mol. The molecule has 0 spiro atoms. The van der Waals surface area contributed by atoms with Crippen molar-refractivity contribution in [1.29, 1.82) is 0 Å². The smallest absolute Gasteiger partial charge is 0.396 e. The fourth-order valence-electron chi connectivity index (χ4n) is 12.6. The van der Waals surface area contributed by atoms with E-state index in [1.807, 2.05) is 32.0 Å². The molecule has 0 aliphatic carbocycles. The molecule has 0 aliphatic rings. The standard InChI is InChI=1S/2C29H30F4O5.C18H20ClFO2.2C11H11F3O3/c2*1-4-5-13-37-27-14-19(9-11-23(27)24-16-21(35-2)10-12-26(24)30)18-38-22-8-6-7-20(15-22)25(29(31,32)33)17-28(34)36-3;1-3-4-9-22-18-10-13(12-19)5-7-15(18)16-11-14(21-2)6-8-17(16)20;2*1-17-10(16)6-9(11(12,13)14)7-3-2-4-8(15)5-7/h2*6-12,14-16,25H,4-5,13,17-18H2,1-3H3;5-8,10-11H,3-4,9,12H2,1-2H3;2*2-5,9,15H,6H2,1H3/t2*25-;;2*9-/m10.10/s1. The molecule has 0 aliphatic heterocycles. The Hall–Kier alpha value is -12.7. The number of hydrogen-bond donors (Lipinski definition) is 2. The summed E-state index contributed by atoms with van der Waals surface area (Å²) in [5.41, 5.74) is 4.66. The highest BCUT2D eigenvalue weighted by Crippen LogP contribution is 2.45. The molecule has 34 heteroatoms. The summed E-state index contributed by atoms with van der Waals surface area (Å²) in [4.78, 5) is 45.0. The number of hydrogen-bond acceptors (Lipinski definition) is 18. The first-order valence-electron chi connectivity index (χ1n) is 41.1. The quantitative estimate of drug-likeness (QED) is 0.0122.